The molecule has 2 unspecified atom stereocenters. The molecule has 100 valence electrons. The van der Waals surface area contributed by atoms with Gasteiger partial charge in [0.25, 0.3) is 0 Å². The standard InChI is InChI=1S/C15H16O4/c1-11(18-9-13-10-19-13)14-6-4-3-5-12(14)7-8-15(16)17-2/h3-6,11,13H,9-10H2,1-2H3. The molecule has 0 saturated carbocycles. The van der Waals surface area contributed by atoms with Crippen molar-refractivity contribution in [1.82, 2.24) is 0 Å². The predicted molar refractivity (Wildman–Crippen MR) is 69.4 cm³/mol. The molecule has 1 saturated heterocycles. The molecule has 19 heavy (non-hydrogen) atoms. The lowest BCUT2D eigenvalue weighted by Crippen LogP contribution is -2.07. The zero-order valence-corrected chi connectivity index (χ0v) is 11.0. The Bertz CT molecular complexity index is 508. The average molecular weight is 260 g/mol. The van der Waals surface area contributed by atoms with E-state index in [1.54, 1.807) is 0 Å². The highest BCUT2D eigenvalue weighted by Gasteiger charge is 2.24. The molecule has 0 spiro atoms. The van der Waals surface area contributed by atoms with Crippen molar-refractivity contribution in [3.8, 4) is 11.8 Å². The number of benzene rings is 1. The van der Waals surface area contributed by atoms with Crippen LogP contribution in [-0.2, 0) is 19.0 Å². The van der Waals surface area contributed by atoms with Gasteiger partial charge in [0, 0.05) is 11.5 Å². The van der Waals surface area contributed by atoms with Gasteiger partial charge in [-0.3, -0.25) is 0 Å². The summed E-state index contributed by atoms with van der Waals surface area (Å²) in [5, 5.41) is 0. The van der Waals surface area contributed by atoms with E-state index >= 15 is 0 Å². The SMILES string of the molecule is COC(=O)C#Cc1ccccc1C(C)OCC1CO1. The third-order valence-electron chi connectivity index (χ3n) is 2.82. The fraction of sp³-hybridized carbons (Fsp3) is 0.400. The fourth-order valence-corrected chi connectivity index (χ4v) is 1.64. The van der Waals surface area contributed by atoms with Gasteiger partial charge in [-0.15, -0.1) is 0 Å². The quantitative estimate of drug-likeness (QED) is 0.469. The van der Waals surface area contributed by atoms with Crippen LogP contribution in [0.15, 0.2) is 24.3 Å². The van der Waals surface area contributed by atoms with Gasteiger partial charge in [-0.05, 0) is 18.6 Å². The number of carbonyl (C=O) groups is 1. The van der Waals surface area contributed by atoms with E-state index in [2.05, 4.69) is 16.6 Å². The first-order chi connectivity index (χ1) is 9.20. The zero-order valence-electron chi connectivity index (χ0n) is 11.0. The molecule has 4 nitrogen and oxygen atoms in total. The van der Waals surface area contributed by atoms with E-state index in [4.69, 9.17) is 9.47 Å². The van der Waals surface area contributed by atoms with Crippen LogP contribution in [0.2, 0.25) is 0 Å². The highest BCUT2D eigenvalue weighted by Crippen LogP contribution is 2.22. The van der Waals surface area contributed by atoms with Crippen molar-refractivity contribution in [2.24, 2.45) is 0 Å². The summed E-state index contributed by atoms with van der Waals surface area (Å²) in [6.45, 7) is 3.32. The summed E-state index contributed by atoms with van der Waals surface area (Å²) in [5.74, 6) is 4.70. The molecule has 2 atom stereocenters. The molecule has 1 fully saturated rings. The van der Waals surface area contributed by atoms with Crippen LogP contribution in [0, 0.1) is 11.8 Å². The van der Waals surface area contributed by atoms with E-state index in [1.165, 1.54) is 7.11 Å². The van der Waals surface area contributed by atoms with Crippen molar-refractivity contribution < 1.29 is 19.0 Å². The van der Waals surface area contributed by atoms with Crippen LogP contribution in [-0.4, -0.2) is 32.4 Å². The molecule has 0 N–H and O–H groups in total. The summed E-state index contributed by atoms with van der Waals surface area (Å²) < 4.78 is 15.3. The molecule has 0 radical (unpaired) electrons. The minimum absolute atomic E-state index is 0.0904. The van der Waals surface area contributed by atoms with Crippen molar-refractivity contribution >= 4 is 5.97 Å². The van der Waals surface area contributed by atoms with E-state index in [0.29, 0.717) is 6.61 Å². The molecule has 4 heteroatoms. The van der Waals surface area contributed by atoms with Crippen molar-refractivity contribution in [3.63, 3.8) is 0 Å². The molecule has 1 aromatic rings. The highest BCUT2D eigenvalue weighted by atomic mass is 16.6. The maximum absolute atomic E-state index is 11.0. The van der Waals surface area contributed by atoms with Crippen molar-refractivity contribution in [3.05, 3.63) is 35.4 Å². The molecular formula is C15H16O4. The normalized spacial score (nSPS) is 18.1. The second-order valence-corrected chi connectivity index (χ2v) is 4.26. The Labute approximate surface area is 112 Å². The molecule has 0 bridgehead atoms. The number of ether oxygens (including phenoxy) is 3. The van der Waals surface area contributed by atoms with E-state index in [1.807, 2.05) is 31.2 Å². The summed E-state index contributed by atoms with van der Waals surface area (Å²) in [6.07, 6.45) is 0.142. The minimum atomic E-state index is -0.547. The van der Waals surface area contributed by atoms with Crippen LogP contribution in [0.5, 0.6) is 0 Å². The molecule has 0 aromatic heterocycles. The molecule has 1 heterocycles. The lowest BCUT2D eigenvalue weighted by atomic mass is 10.0. The number of carbonyl (C=O) groups excluding carboxylic acids is 1. The largest absolute Gasteiger partial charge is 0.459 e. The average Bonchev–Trinajstić information content (AvgIpc) is 3.26. The second kappa shape index (κ2) is 6.37. The lowest BCUT2D eigenvalue weighted by molar-refractivity contribution is -0.133. The molecule has 1 aliphatic heterocycles. The Morgan fingerprint density at radius 3 is 2.95 bits per heavy atom. The molecule has 0 aliphatic carbocycles. The minimum Gasteiger partial charge on any atom is -0.459 e. The number of rotatable bonds is 4. The summed E-state index contributed by atoms with van der Waals surface area (Å²) in [6, 6.07) is 7.60. The van der Waals surface area contributed by atoms with Crippen molar-refractivity contribution in [1.29, 1.82) is 0 Å². The van der Waals surface area contributed by atoms with Crippen molar-refractivity contribution in [2.75, 3.05) is 20.3 Å². The van der Waals surface area contributed by atoms with E-state index < -0.39 is 5.97 Å². The van der Waals surface area contributed by atoms with Crippen LogP contribution in [0.3, 0.4) is 0 Å². The van der Waals surface area contributed by atoms with Gasteiger partial charge >= 0.3 is 5.97 Å². The van der Waals surface area contributed by atoms with Crippen LogP contribution in [0.25, 0.3) is 0 Å². The van der Waals surface area contributed by atoms with Gasteiger partial charge in [-0.25, -0.2) is 4.79 Å². The number of esters is 1. The summed E-state index contributed by atoms with van der Waals surface area (Å²) >= 11 is 0. The van der Waals surface area contributed by atoms with Gasteiger partial charge in [0.1, 0.15) is 6.10 Å². The summed E-state index contributed by atoms with van der Waals surface area (Å²) in [7, 11) is 1.31. The molecule has 0 amide bonds. The van der Waals surface area contributed by atoms with E-state index in [0.717, 1.165) is 17.7 Å². The van der Waals surface area contributed by atoms with Gasteiger partial charge in [-0.1, -0.05) is 24.1 Å². The summed E-state index contributed by atoms with van der Waals surface area (Å²) in [5.41, 5.74) is 1.73. The first-order valence-corrected chi connectivity index (χ1v) is 6.13. The van der Waals surface area contributed by atoms with Gasteiger partial charge in [0.15, 0.2) is 0 Å². The van der Waals surface area contributed by atoms with Crippen LogP contribution in [0.1, 0.15) is 24.2 Å². The first-order valence-electron chi connectivity index (χ1n) is 6.13. The third kappa shape index (κ3) is 4.09. The van der Waals surface area contributed by atoms with Gasteiger partial charge < -0.3 is 14.2 Å². The monoisotopic (exact) mass is 260 g/mol. The number of hydrogen-bond donors (Lipinski definition) is 0. The second-order valence-electron chi connectivity index (χ2n) is 4.26. The third-order valence-corrected chi connectivity index (χ3v) is 2.82. The fourth-order valence-electron chi connectivity index (χ4n) is 1.64. The zero-order chi connectivity index (χ0) is 13.7. The Morgan fingerprint density at radius 1 is 1.53 bits per heavy atom. The molecule has 2 rings (SSSR count). The molecular weight excluding hydrogens is 244 g/mol. The first kappa shape index (κ1) is 13.6. The Balaban J connectivity index is 2.09. The van der Waals surface area contributed by atoms with E-state index in [-0.39, 0.29) is 12.2 Å². The topological polar surface area (TPSA) is 48.1 Å². The Hall–Kier alpha value is -1.83. The van der Waals surface area contributed by atoms with Crippen LogP contribution >= 0.6 is 0 Å². The van der Waals surface area contributed by atoms with Crippen molar-refractivity contribution in [2.45, 2.75) is 19.1 Å². The number of hydrogen-bond acceptors (Lipinski definition) is 4. The van der Waals surface area contributed by atoms with E-state index in [9.17, 15) is 4.79 Å². The predicted octanol–water partition coefficient (Wildman–Crippen LogP) is 1.69. The van der Waals surface area contributed by atoms with Gasteiger partial charge in [0.2, 0.25) is 0 Å². The molecule has 1 aromatic carbocycles. The number of epoxide rings is 1. The molecule has 1 aliphatic rings. The maximum atomic E-state index is 11.0. The van der Waals surface area contributed by atoms with Crippen LogP contribution in [0.4, 0.5) is 0 Å². The highest BCUT2D eigenvalue weighted by molar-refractivity contribution is 5.89. The number of methoxy groups -OCH3 is 1. The lowest BCUT2D eigenvalue weighted by Gasteiger charge is -2.14. The smallest absolute Gasteiger partial charge is 0.384 e. The Morgan fingerprint density at radius 2 is 2.26 bits per heavy atom. The summed E-state index contributed by atoms with van der Waals surface area (Å²) in [4.78, 5) is 11.0. The maximum Gasteiger partial charge on any atom is 0.384 e. The van der Waals surface area contributed by atoms with Gasteiger partial charge in [0.05, 0.1) is 26.4 Å². The Kier molecular flexibility index (Phi) is 4.56. The van der Waals surface area contributed by atoms with Crippen LogP contribution < -0.4 is 0 Å². The van der Waals surface area contributed by atoms with Gasteiger partial charge in [-0.2, -0.15) is 0 Å².